The largest absolute Gasteiger partial charge is 0.481 e. The summed E-state index contributed by atoms with van der Waals surface area (Å²) < 4.78 is 0. The van der Waals surface area contributed by atoms with E-state index in [1.165, 1.54) is 0 Å². The second-order valence-corrected chi connectivity index (χ2v) is 4.66. The number of carboxylic acids is 1. The van der Waals surface area contributed by atoms with Crippen molar-refractivity contribution in [1.82, 2.24) is 10.6 Å². The van der Waals surface area contributed by atoms with E-state index in [-0.39, 0.29) is 18.6 Å². The molecule has 5 heteroatoms. The molecular formula is C13H22N2O3. The van der Waals surface area contributed by atoms with Crippen LogP contribution in [0.25, 0.3) is 0 Å². The Bertz CT molecular complexity index is 315. The third kappa shape index (κ3) is 5.21. The van der Waals surface area contributed by atoms with Gasteiger partial charge in [-0.1, -0.05) is 25.5 Å². The Hall–Kier alpha value is -1.52. The minimum absolute atomic E-state index is 0.171. The van der Waals surface area contributed by atoms with E-state index in [1.54, 1.807) is 0 Å². The minimum Gasteiger partial charge on any atom is -0.481 e. The van der Waals surface area contributed by atoms with Gasteiger partial charge >= 0.3 is 12.0 Å². The van der Waals surface area contributed by atoms with E-state index in [0.717, 1.165) is 25.7 Å². The van der Waals surface area contributed by atoms with E-state index < -0.39 is 11.9 Å². The highest BCUT2D eigenvalue weighted by atomic mass is 16.4. The van der Waals surface area contributed by atoms with Crippen LogP contribution in [0.3, 0.4) is 0 Å². The summed E-state index contributed by atoms with van der Waals surface area (Å²) in [6.07, 6.45) is 8.34. The van der Waals surface area contributed by atoms with Crippen LogP contribution < -0.4 is 10.6 Å². The predicted octanol–water partition coefficient (Wildman–Crippen LogP) is 1.90. The summed E-state index contributed by atoms with van der Waals surface area (Å²) in [6.45, 7) is 2.13. The van der Waals surface area contributed by atoms with E-state index in [0.29, 0.717) is 6.42 Å². The van der Waals surface area contributed by atoms with Crippen molar-refractivity contribution in [2.24, 2.45) is 5.92 Å². The maximum absolute atomic E-state index is 11.6. The zero-order chi connectivity index (χ0) is 13.4. The van der Waals surface area contributed by atoms with Crippen LogP contribution in [0.15, 0.2) is 12.2 Å². The molecule has 3 N–H and O–H groups in total. The van der Waals surface area contributed by atoms with Gasteiger partial charge in [0.15, 0.2) is 0 Å². The van der Waals surface area contributed by atoms with Crippen LogP contribution in [0.1, 0.15) is 39.0 Å². The number of hydrogen-bond acceptors (Lipinski definition) is 2. The molecule has 0 aliphatic heterocycles. The first-order valence-corrected chi connectivity index (χ1v) is 6.55. The van der Waals surface area contributed by atoms with E-state index in [4.69, 9.17) is 5.11 Å². The van der Waals surface area contributed by atoms with Gasteiger partial charge in [0.25, 0.3) is 0 Å². The number of carboxylic acid groups (broad SMARTS) is 1. The van der Waals surface area contributed by atoms with Crippen molar-refractivity contribution < 1.29 is 14.7 Å². The van der Waals surface area contributed by atoms with Gasteiger partial charge in [0.1, 0.15) is 0 Å². The molecule has 102 valence electrons. The highest BCUT2D eigenvalue weighted by Gasteiger charge is 2.18. The van der Waals surface area contributed by atoms with Crippen molar-refractivity contribution in [2.45, 2.75) is 45.1 Å². The van der Waals surface area contributed by atoms with E-state index in [1.807, 2.05) is 6.92 Å². The fourth-order valence-corrected chi connectivity index (χ4v) is 2.04. The van der Waals surface area contributed by atoms with Gasteiger partial charge < -0.3 is 15.7 Å². The number of carbonyl (C=O) groups is 2. The zero-order valence-corrected chi connectivity index (χ0v) is 10.8. The highest BCUT2D eigenvalue weighted by molar-refractivity contribution is 5.76. The lowest BCUT2D eigenvalue weighted by Gasteiger charge is -2.20. The molecule has 1 rings (SSSR count). The van der Waals surface area contributed by atoms with Crippen molar-refractivity contribution in [1.29, 1.82) is 0 Å². The standard InChI is InChI=1S/C13H22N2O3/c1-2-6-10(12(16)17)9-14-13(18)15-11-7-4-3-5-8-11/h3-4,10-11H,2,5-9H2,1H3,(H,16,17)(H2,14,15,18). The van der Waals surface area contributed by atoms with Gasteiger partial charge in [0, 0.05) is 12.6 Å². The van der Waals surface area contributed by atoms with Gasteiger partial charge in [-0.05, 0) is 25.7 Å². The van der Waals surface area contributed by atoms with Crippen LogP contribution in [0.5, 0.6) is 0 Å². The number of aliphatic carboxylic acids is 1. The summed E-state index contributed by atoms with van der Waals surface area (Å²) in [5.74, 6) is -1.34. The molecule has 1 aliphatic carbocycles. The second kappa shape index (κ2) is 7.74. The third-order valence-electron chi connectivity index (χ3n) is 3.10. The number of rotatable bonds is 6. The molecule has 1 aliphatic rings. The first kappa shape index (κ1) is 14.5. The van der Waals surface area contributed by atoms with Gasteiger partial charge in [-0.3, -0.25) is 4.79 Å². The molecule has 2 atom stereocenters. The summed E-state index contributed by atoms with van der Waals surface area (Å²) in [5, 5.41) is 14.5. The molecule has 18 heavy (non-hydrogen) atoms. The summed E-state index contributed by atoms with van der Waals surface area (Å²) >= 11 is 0. The second-order valence-electron chi connectivity index (χ2n) is 4.66. The molecule has 2 unspecified atom stereocenters. The van der Waals surface area contributed by atoms with E-state index >= 15 is 0 Å². The van der Waals surface area contributed by atoms with Crippen LogP contribution in [-0.4, -0.2) is 29.7 Å². The fourth-order valence-electron chi connectivity index (χ4n) is 2.04. The molecular weight excluding hydrogens is 232 g/mol. The van der Waals surface area contributed by atoms with E-state index in [9.17, 15) is 9.59 Å². The van der Waals surface area contributed by atoms with Crippen molar-refractivity contribution >= 4 is 12.0 Å². The predicted molar refractivity (Wildman–Crippen MR) is 69.3 cm³/mol. The van der Waals surface area contributed by atoms with Gasteiger partial charge in [0.05, 0.1) is 5.92 Å². The first-order chi connectivity index (χ1) is 8.63. The number of amides is 2. The molecule has 0 saturated carbocycles. The highest BCUT2D eigenvalue weighted by Crippen LogP contribution is 2.10. The molecule has 0 saturated heterocycles. The molecule has 0 aromatic carbocycles. The summed E-state index contributed by atoms with van der Waals surface area (Å²) in [5.41, 5.74) is 0. The van der Waals surface area contributed by atoms with Crippen LogP contribution in [0.4, 0.5) is 4.79 Å². The molecule has 0 aromatic heterocycles. The Labute approximate surface area is 108 Å². The molecule has 0 bridgehead atoms. The Morgan fingerprint density at radius 3 is 2.78 bits per heavy atom. The first-order valence-electron chi connectivity index (χ1n) is 6.55. The lowest BCUT2D eigenvalue weighted by molar-refractivity contribution is -0.141. The van der Waals surface area contributed by atoms with Crippen molar-refractivity contribution in [2.75, 3.05) is 6.54 Å². The maximum Gasteiger partial charge on any atom is 0.315 e. The van der Waals surface area contributed by atoms with Crippen LogP contribution >= 0.6 is 0 Å². The van der Waals surface area contributed by atoms with Crippen molar-refractivity contribution in [3.63, 3.8) is 0 Å². The molecule has 0 fully saturated rings. The number of allylic oxidation sites excluding steroid dienone is 1. The fraction of sp³-hybridized carbons (Fsp3) is 0.692. The smallest absolute Gasteiger partial charge is 0.315 e. The Balaban J connectivity index is 2.26. The minimum atomic E-state index is -0.849. The molecule has 0 radical (unpaired) electrons. The molecule has 0 heterocycles. The van der Waals surface area contributed by atoms with Crippen molar-refractivity contribution in [3.05, 3.63) is 12.2 Å². The number of nitrogens with one attached hydrogen (secondary N) is 2. The van der Waals surface area contributed by atoms with Crippen LogP contribution in [0.2, 0.25) is 0 Å². The Morgan fingerprint density at radius 2 is 2.22 bits per heavy atom. The van der Waals surface area contributed by atoms with E-state index in [2.05, 4.69) is 22.8 Å². The summed E-state index contributed by atoms with van der Waals surface area (Å²) in [7, 11) is 0. The average Bonchev–Trinajstić information content (AvgIpc) is 2.35. The van der Waals surface area contributed by atoms with Gasteiger partial charge in [-0.2, -0.15) is 0 Å². The number of urea groups is 1. The van der Waals surface area contributed by atoms with Crippen LogP contribution in [-0.2, 0) is 4.79 Å². The third-order valence-corrected chi connectivity index (χ3v) is 3.10. The SMILES string of the molecule is CCCC(CNC(=O)NC1CC=CCC1)C(=O)O. The van der Waals surface area contributed by atoms with Crippen LogP contribution in [0, 0.1) is 5.92 Å². The molecule has 2 amide bonds. The van der Waals surface area contributed by atoms with Gasteiger partial charge in [0.2, 0.25) is 0 Å². The van der Waals surface area contributed by atoms with Gasteiger partial charge in [-0.15, -0.1) is 0 Å². The molecule has 0 aromatic rings. The quantitative estimate of drug-likeness (QED) is 0.633. The maximum atomic E-state index is 11.6. The lowest BCUT2D eigenvalue weighted by atomic mass is 10.0. The molecule has 5 nitrogen and oxygen atoms in total. The van der Waals surface area contributed by atoms with Gasteiger partial charge in [-0.25, -0.2) is 4.79 Å². The number of hydrogen-bond donors (Lipinski definition) is 3. The normalized spacial score (nSPS) is 20.2. The van der Waals surface area contributed by atoms with Crippen molar-refractivity contribution in [3.8, 4) is 0 Å². The molecule has 0 spiro atoms. The lowest BCUT2D eigenvalue weighted by Crippen LogP contribution is -2.44. The summed E-state index contributed by atoms with van der Waals surface area (Å²) in [6, 6.07) is -0.0953. The number of carbonyl (C=O) groups excluding carboxylic acids is 1. The Morgan fingerprint density at radius 1 is 1.44 bits per heavy atom. The average molecular weight is 254 g/mol. The summed E-state index contributed by atoms with van der Waals surface area (Å²) in [4.78, 5) is 22.5. The Kier molecular flexibility index (Phi) is 6.25. The zero-order valence-electron chi connectivity index (χ0n) is 10.8. The monoisotopic (exact) mass is 254 g/mol. The topological polar surface area (TPSA) is 78.4 Å².